The second kappa shape index (κ2) is 7.26. The Balaban J connectivity index is 1.87. The molecule has 0 spiro atoms. The molecule has 0 fully saturated rings. The van der Waals surface area contributed by atoms with Gasteiger partial charge in [0.05, 0.1) is 12.0 Å². The quantitative estimate of drug-likeness (QED) is 0.840. The Morgan fingerprint density at radius 3 is 2.68 bits per heavy atom. The van der Waals surface area contributed by atoms with Crippen molar-refractivity contribution in [1.29, 1.82) is 0 Å². The third-order valence-electron chi connectivity index (χ3n) is 2.97. The van der Waals surface area contributed by atoms with Crippen molar-refractivity contribution in [2.75, 3.05) is 0 Å². The van der Waals surface area contributed by atoms with E-state index >= 15 is 0 Å². The molecular formula is C15H17N3O4. The van der Waals surface area contributed by atoms with E-state index in [0.29, 0.717) is 5.69 Å². The number of aliphatic carboxylic acids is 1. The number of hydrogen-bond donors (Lipinski definition) is 2. The fourth-order valence-electron chi connectivity index (χ4n) is 1.89. The molecule has 1 atom stereocenters. The zero-order valence-electron chi connectivity index (χ0n) is 12.1. The first-order chi connectivity index (χ1) is 10.5. The molecule has 0 aliphatic carbocycles. The van der Waals surface area contributed by atoms with E-state index in [9.17, 15) is 14.7 Å². The number of carboxylic acids is 1. The van der Waals surface area contributed by atoms with E-state index in [4.69, 9.17) is 4.74 Å². The van der Waals surface area contributed by atoms with E-state index in [1.165, 1.54) is 0 Å². The Bertz CT molecular complexity index is 639. The highest BCUT2D eigenvalue weighted by Gasteiger charge is 2.22. The zero-order valence-corrected chi connectivity index (χ0v) is 12.1. The highest BCUT2D eigenvalue weighted by atomic mass is 16.5. The number of hydrogen-bond acceptors (Lipinski definition) is 4. The molecule has 0 saturated heterocycles. The number of amides is 1. The van der Waals surface area contributed by atoms with E-state index in [2.05, 4.69) is 10.3 Å². The Labute approximate surface area is 127 Å². The van der Waals surface area contributed by atoms with Crippen molar-refractivity contribution in [2.45, 2.75) is 19.1 Å². The van der Waals surface area contributed by atoms with Gasteiger partial charge < -0.3 is 19.7 Å². The summed E-state index contributed by atoms with van der Waals surface area (Å²) in [5, 5.41) is 11.5. The van der Waals surface area contributed by atoms with Crippen molar-refractivity contribution in [1.82, 2.24) is 14.9 Å². The monoisotopic (exact) mass is 303 g/mol. The standard InChI is InChI=1S/C15H17N3O4/c1-18-8-12(16-10-18)7-13(14(19)20)17-15(21)22-9-11-5-3-2-4-6-11/h2-6,8,10,13H,7,9H2,1H3,(H,17,21)(H,19,20). The molecule has 7 heteroatoms. The van der Waals surface area contributed by atoms with Crippen LogP contribution >= 0.6 is 0 Å². The number of alkyl carbamates (subject to hydrolysis) is 1. The van der Waals surface area contributed by atoms with Crippen LogP contribution in [0.15, 0.2) is 42.9 Å². The van der Waals surface area contributed by atoms with Gasteiger partial charge in [-0.15, -0.1) is 0 Å². The molecule has 0 aliphatic heterocycles. The largest absolute Gasteiger partial charge is 0.480 e. The van der Waals surface area contributed by atoms with Crippen LogP contribution in [0.1, 0.15) is 11.3 Å². The molecule has 116 valence electrons. The van der Waals surface area contributed by atoms with Crippen LogP contribution in [0, 0.1) is 0 Å². The van der Waals surface area contributed by atoms with Gasteiger partial charge in [0.25, 0.3) is 0 Å². The van der Waals surface area contributed by atoms with Crippen molar-refractivity contribution in [3.8, 4) is 0 Å². The van der Waals surface area contributed by atoms with E-state index in [-0.39, 0.29) is 13.0 Å². The van der Waals surface area contributed by atoms with Gasteiger partial charge in [-0.05, 0) is 5.56 Å². The Morgan fingerprint density at radius 2 is 2.09 bits per heavy atom. The van der Waals surface area contributed by atoms with Crippen molar-refractivity contribution < 1.29 is 19.4 Å². The average molecular weight is 303 g/mol. The number of carbonyl (C=O) groups is 2. The van der Waals surface area contributed by atoms with Gasteiger partial charge in [0.15, 0.2) is 0 Å². The summed E-state index contributed by atoms with van der Waals surface area (Å²) in [5.41, 5.74) is 1.41. The number of nitrogens with one attached hydrogen (secondary N) is 1. The van der Waals surface area contributed by atoms with Gasteiger partial charge in [0.1, 0.15) is 12.6 Å². The molecule has 1 aromatic heterocycles. The van der Waals surface area contributed by atoms with Gasteiger partial charge in [-0.3, -0.25) is 0 Å². The summed E-state index contributed by atoms with van der Waals surface area (Å²) < 4.78 is 6.72. The van der Waals surface area contributed by atoms with Gasteiger partial charge in [-0.1, -0.05) is 30.3 Å². The Morgan fingerprint density at radius 1 is 1.36 bits per heavy atom. The Kier molecular flexibility index (Phi) is 5.13. The molecule has 2 rings (SSSR count). The number of carboxylic acid groups (broad SMARTS) is 1. The van der Waals surface area contributed by atoms with Crippen molar-refractivity contribution in [3.05, 3.63) is 54.1 Å². The maximum atomic E-state index is 11.7. The number of aryl methyl sites for hydroxylation is 1. The fourth-order valence-corrected chi connectivity index (χ4v) is 1.89. The predicted octanol–water partition coefficient (Wildman–Crippen LogP) is 1.34. The summed E-state index contributed by atoms with van der Waals surface area (Å²) in [6.45, 7) is 0.0859. The van der Waals surface area contributed by atoms with Crippen LogP contribution in [-0.2, 0) is 29.6 Å². The van der Waals surface area contributed by atoms with Crippen LogP contribution in [0.2, 0.25) is 0 Å². The molecule has 0 saturated carbocycles. The van der Waals surface area contributed by atoms with Crippen LogP contribution in [0.5, 0.6) is 0 Å². The van der Waals surface area contributed by atoms with E-state index < -0.39 is 18.1 Å². The van der Waals surface area contributed by atoms with Crippen LogP contribution < -0.4 is 5.32 Å². The number of rotatable bonds is 6. The number of aromatic nitrogens is 2. The summed E-state index contributed by atoms with van der Waals surface area (Å²) in [4.78, 5) is 27.0. The van der Waals surface area contributed by atoms with E-state index in [1.807, 2.05) is 30.3 Å². The second-order valence-electron chi connectivity index (χ2n) is 4.83. The lowest BCUT2D eigenvalue weighted by Crippen LogP contribution is -2.42. The molecule has 1 heterocycles. The van der Waals surface area contributed by atoms with Crippen LogP contribution in [0.3, 0.4) is 0 Å². The smallest absolute Gasteiger partial charge is 0.408 e. The third kappa shape index (κ3) is 4.62. The molecule has 22 heavy (non-hydrogen) atoms. The second-order valence-corrected chi connectivity index (χ2v) is 4.83. The maximum Gasteiger partial charge on any atom is 0.408 e. The van der Waals surface area contributed by atoms with Crippen LogP contribution in [-0.4, -0.2) is 32.8 Å². The highest BCUT2D eigenvalue weighted by Crippen LogP contribution is 2.03. The van der Waals surface area contributed by atoms with Gasteiger partial charge in [0, 0.05) is 19.7 Å². The Hall–Kier alpha value is -2.83. The molecule has 1 unspecified atom stereocenters. The van der Waals surface area contributed by atoms with Crippen LogP contribution in [0.4, 0.5) is 4.79 Å². The lowest BCUT2D eigenvalue weighted by atomic mass is 10.2. The topological polar surface area (TPSA) is 93.5 Å². The molecule has 0 bridgehead atoms. The van der Waals surface area contributed by atoms with Crippen molar-refractivity contribution >= 4 is 12.1 Å². The minimum atomic E-state index is -1.14. The van der Waals surface area contributed by atoms with Gasteiger partial charge in [-0.25, -0.2) is 14.6 Å². The summed E-state index contributed by atoms with van der Waals surface area (Å²) >= 11 is 0. The molecule has 2 aromatic rings. The van der Waals surface area contributed by atoms with Gasteiger partial charge in [-0.2, -0.15) is 0 Å². The van der Waals surface area contributed by atoms with E-state index in [0.717, 1.165) is 5.56 Å². The minimum Gasteiger partial charge on any atom is -0.480 e. The number of carbonyl (C=O) groups excluding carboxylic acids is 1. The molecule has 0 aliphatic rings. The van der Waals surface area contributed by atoms with Crippen molar-refractivity contribution in [2.24, 2.45) is 7.05 Å². The first-order valence-electron chi connectivity index (χ1n) is 6.71. The molecular weight excluding hydrogens is 286 g/mol. The average Bonchev–Trinajstić information content (AvgIpc) is 2.91. The number of nitrogens with zero attached hydrogens (tertiary/aromatic N) is 2. The molecule has 7 nitrogen and oxygen atoms in total. The van der Waals surface area contributed by atoms with Gasteiger partial charge >= 0.3 is 12.1 Å². The van der Waals surface area contributed by atoms with E-state index in [1.54, 1.807) is 24.1 Å². The summed E-state index contributed by atoms with van der Waals surface area (Å²) in [6.07, 6.45) is 2.60. The summed E-state index contributed by atoms with van der Waals surface area (Å²) in [7, 11) is 1.79. The molecule has 2 N–H and O–H groups in total. The first kappa shape index (κ1) is 15.6. The highest BCUT2D eigenvalue weighted by molar-refractivity contribution is 5.80. The minimum absolute atomic E-state index is 0.0859. The maximum absolute atomic E-state index is 11.7. The fraction of sp³-hybridized carbons (Fsp3) is 0.267. The summed E-state index contributed by atoms with van der Waals surface area (Å²) in [6, 6.07) is 8.07. The normalized spacial score (nSPS) is 11.7. The lowest BCUT2D eigenvalue weighted by Gasteiger charge is -2.13. The lowest BCUT2D eigenvalue weighted by molar-refractivity contribution is -0.139. The number of ether oxygens (including phenoxy) is 1. The van der Waals surface area contributed by atoms with Crippen molar-refractivity contribution in [3.63, 3.8) is 0 Å². The predicted molar refractivity (Wildman–Crippen MR) is 78.1 cm³/mol. The molecule has 0 radical (unpaired) electrons. The third-order valence-corrected chi connectivity index (χ3v) is 2.97. The zero-order chi connectivity index (χ0) is 15.9. The SMILES string of the molecule is Cn1cnc(CC(NC(=O)OCc2ccccc2)C(=O)O)c1. The number of imidazole rings is 1. The number of benzene rings is 1. The molecule has 1 aromatic carbocycles. The van der Waals surface area contributed by atoms with Gasteiger partial charge in [0.2, 0.25) is 0 Å². The van der Waals surface area contributed by atoms with Crippen LogP contribution in [0.25, 0.3) is 0 Å². The molecule has 1 amide bonds. The first-order valence-corrected chi connectivity index (χ1v) is 6.71. The summed E-state index contributed by atoms with van der Waals surface area (Å²) in [5.74, 6) is -1.14.